The lowest BCUT2D eigenvalue weighted by molar-refractivity contribution is -0.116. The van der Waals surface area contributed by atoms with Crippen LogP contribution in [0.1, 0.15) is 11.6 Å². The summed E-state index contributed by atoms with van der Waals surface area (Å²) < 4.78 is 7.03. The Bertz CT molecular complexity index is 1180. The molecule has 0 aliphatic rings. The molecule has 29 heavy (non-hydrogen) atoms. The van der Waals surface area contributed by atoms with Gasteiger partial charge in [0.1, 0.15) is 5.65 Å². The zero-order valence-corrected chi connectivity index (χ0v) is 16.6. The summed E-state index contributed by atoms with van der Waals surface area (Å²) in [6, 6.07) is 12.7. The van der Waals surface area contributed by atoms with Gasteiger partial charge in [0, 0.05) is 35.8 Å². The molecule has 9 heteroatoms. The molecule has 3 heterocycles. The Balaban J connectivity index is 1.33. The third-order valence-electron chi connectivity index (χ3n) is 4.12. The van der Waals surface area contributed by atoms with E-state index < -0.39 is 0 Å². The van der Waals surface area contributed by atoms with Crippen LogP contribution in [0.2, 0.25) is 10.2 Å². The van der Waals surface area contributed by atoms with Gasteiger partial charge in [-0.15, -0.1) is 0 Å². The summed E-state index contributed by atoms with van der Waals surface area (Å²) in [5, 5.41) is 7.69. The molecular weight excluding hydrogens is 413 g/mol. The highest BCUT2D eigenvalue weighted by molar-refractivity contribution is 6.31. The van der Waals surface area contributed by atoms with Gasteiger partial charge in [-0.3, -0.25) is 9.20 Å². The molecule has 0 fully saturated rings. The van der Waals surface area contributed by atoms with Crippen LogP contribution in [0.5, 0.6) is 0 Å². The van der Waals surface area contributed by atoms with Crippen molar-refractivity contribution in [1.29, 1.82) is 0 Å². The Hall–Kier alpha value is -3.16. The maximum absolute atomic E-state index is 12.1. The number of hydrogen-bond acceptors (Lipinski definition) is 5. The SMILES string of the molecule is O=C(/C=C/c1c(Cl)nc2ccccn12)NCCc1nc(-c2ccc(Cl)cc2)no1. The van der Waals surface area contributed by atoms with Gasteiger partial charge >= 0.3 is 0 Å². The molecule has 0 saturated carbocycles. The molecule has 0 bridgehead atoms. The van der Waals surface area contributed by atoms with E-state index in [4.69, 9.17) is 27.7 Å². The topological polar surface area (TPSA) is 85.3 Å². The number of carbonyl (C=O) groups excluding carboxylic acids is 1. The van der Waals surface area contributed by atoms with Crippen molar-refractivity contribution in [3.63, 3.8) is 0 Å². The van der Waals surface area contributed by atoms with Crippen LogP contribution in [0.4, 0.5) is 0 Å². The van der Waals surface area contributed by atoms with E-state index in [2.05, 4.69) is 20.4 Å². The van der Waals surface area contributed by atoms with E-state index in [-0.39, 0.29) is 5.91 Å². The van der Waals surface area contributed by atoms with E-state index >= 15 is 0 Å². The van der Waals surface area contributed by atoms with E-state index in [1.165, 1.54) is 6.08 Å². The van der Waals surface area contributed by atoms with Crippen molar-refractivity contribution >= 4 is 40.8 Å². The third-order valence-corrected chi connectivity index (χ3v) is 4.65. The first-order chi connectivity index (χ1) is 14.1. The van der Waals surface area contributed by atoms with Gasteiger partial charge in [0.15, 0.2) is 5.15 Å². The van der Waals surface area contributed by atoms with Crippen LogP contribution in [0.15, 0.2) is 59.3 Å². The van der Waals surface area contributed by atoms with Gasteiger partial charge in [-0.25, -0.2) is 4.98 Å². The minimum Gasteiger partial charge on any atom is -0.352 e. The van der Waals surface area contributed by atoms with Gasteiger partial charge in [-0.2, -0.15) is 4.98 Å². The Morgan fingerprint density at radius 2 is 1.97 bits per heavy atom. The maximum Gasteiger partial charge on any atom is 0.244 e. The first-order valence-electron chi connectivity index (χ1n) is 8.77. The van der Waals surface area contributed by atoms with E-state index in [0.29, 0.717) is 46.2 Å². The molecule has 0 spiro atoms. The third kappa shape index (κ3) is 4.47. The van der Waals surface area contributed by atoms with Crippen LogP contribution in [-0.4, -0.2) is 32.0 Å². The minimum atomic E-state index is -0.260. The second kappa shape index (κ2) is 8.46. The number of aromatic nitrogens is 4. The molecule has 0 aliphatic heterocycles. The van der Waals surface area contributed by atoms with Crippen molar-refractivity contribution in [3.8, 4) is 11.4 Å². The van der Waals surface area contributed by atoms with E-state index in [9.17, 15) is 4.79 Å². The number of carbonyl (C=O) groups is 1. The second-order valence-electron chi connectivity index (χ2n) is 6.11. The largest absolute Gasteiger partial charge is 0.352 e. The van der Waals surface area contributed by atoms with Crippen molar-refractivity contribution in [3.05, 3.63) is 76.5 Å². The quantitative estimate of drug-likeness (QED) is 0.468. The molecular formula is C20H15Cl2N5O2. The molecule has 0 aliphatic carbocycles. The highest BCUT2D eigenvalue weighted by atomic mass is 35.5. The maximum atomic E-state index is 12.1. The summed E-state index contributed by atoms with van der Waals surface area (Å²) in [7, 11) is 0. The van der Waals surface area contributed by atoms with E-state index in [0.717, 1.165) is 5.56 Å². The summed E-state index contributed by atoms with van der Waals surface area (Å²) in [5.74, 6) is 0.651. The summed E-state index contributed by atoms with van der Waals surface area (Å²) >= 11 is 12.0. The van der Waals surface area contributed by atoms with E-state index in [1.807, 2.05) is 40.9 Å². The molecule has 3 aromatic heterocycles. The molecule has 1 N–H and O–H groups in total. The van der Waals surface area contributed by atoms with Gasteiger partial charge in [-0.1, -0.05) is 34.4 Å². The van der Waals surface area contributed by atoms with Gasteiger partial charge in [0.05, 0.1) is 5.69 Å². The number of fused-ring (bicyclic) bond motifs is 1. The predicted octanol–water partition coefficient (Wildman–Crippen LogP) is 4.06. The zero-order chi connectivity index (χ0) is 20.2. The lowest BCUT2D eigenvalue weighted by atomic mass is 10.2. The Labute approximate surface area is 176 Å². The first kappa shape index (κ1) is 19.2. The molecule has 0 unspecified atom stereocenters. The summed E-state index contributed by atoms with van der Waals surface area (Å²) in [6.45, 7) is 0.353. The average Bonchev–Trinajstić information content (AvgIpc) is 3.31. The normalized spacial score (nSPS) is 11.4. The highest BCUT2D eigenvalue weighted by Crippen LogP contribution is 2.19. The number of nitrogens with one attached hydrogen (secondary N) is 1. The Morgan fingerprint density at radius 3 is 2.79 bits per heavy atom. The fourth-order valence-corrected chi connectivity index (χ4v) is 3.08. The van der Waals surface area contributed by atoms with Crippen molar-refractivity contribution in [2.24, 2.45) is 0 Å². The fourth-order valence-electron chi connectivity index (χ4n) is 2.71. The van der Waals surface area contributed by atoms with E-state index in [1.54, 1.807) is 18.2 Å². The monoisotopic (exact) mass is 427 g/mol. The van der Waals surface area contributed by atoms with Gasteiger partial charge in [-0.05, 0) is 42.5 Å². The molecule has 1 aromatic carbocycles. The number of rotatable bonds is 6. The fraction of sp³-hybridized carbons (Fsp3) is 0.100. The summed E-state index contributed by atoms with van der Waals surface area (Å²) in [6.07, 6.45) is 5.29. The Morgan fingerprint density at radius 1 is 1.14 bits per heavy atom. The average molecular weight is 428 g/mol. The number of amides is 1. The van der Waals surface area contributed by atoms with Crippen LogP contribution < -0.4 is 5.32 Å². The lowest BCUT2D eigenvalue weighted by Crippen LogP contribution is -2.23. The lowest BCUT2D eigenvalue weighted by Gasteiger charge is -1.99. The van der Waals surface area contributed by atoms with Gasteiger partial charge < -0.3 is 9.84 Å². The Kier molecular flexibility index (Phi) is 5.59. The van der Waals surface area contributed by atoms with Gasteiger partial charge in [0.2, 0.25) is 17.6 Å². The van der Waals surface area contributed by atoms with Crippen molar-refractivity contribution in [1.82, 2.24) is 24.8 Å². The van der Waals surface area contributed by atoms with Crippen LogP contribution >= 0.6 is 23.2 Å². The van der Waals surface area contributed by atoms with Crippen molar-refractivity contribution in [2.45, 2.75) is 6.42 Å². The molecule has 0 saturated heterocycles. The number of benzene rings is 1. The van der Waals surface area contributed by atoms with Crippen molar-refractivity contribution < 1.29 is 9.32 Å². The number of nitrogens with zero attached hydrogens (tertiary/aromatic N) is 4. The molecule has 4 rings (SSSR count). The smallest absolute Gasteiger partial charge is 0.244 e. The number of imidazole rings is 1. The molecule has 0 atom stereocenters. The summed E-state index contributed by atoms with van der Waals surface area (Å²) in [5.41, 5.74) is 2.16. The second-order valence-corrected chi connectivity index (χ2v) is 6.90. The number of halogens is 2. The zero-order valence-electron chi connectivity index (χ0n) is 15.0. The first-order valence-corrected chi connectivity index (χ1v) is 9.53. The molecule has 0 radical (unpaired) electrons. The standard InChI is InChI=1S/C20H15Cl2N5O2/c21-14-6-4-13(5-7-14)20-25-18(29-26-20)10-11-23-17(28)9-8-15-19(22)24-16-3-1-2-12-27(15)16/h1-9,12H,10-11H2,(H,23,28)/b9-8+. The van der Waals surface area contributed by atoms with Crippen LogP contribution in [-0.2, 0) is 11.2 Å². The number of pyridine rings is 1. The molecule has 146 valence electrons. The van der Waals surface area contributed by atoms with Gasteiger partial charge in [0.25, 0.3) is 0 Å². The highest BCUT2D eigenvalue weighted by Gasteiger charge is 2.10. The van der Waals surface area contributed by atoms with Crippen LogP contribution in [0, 0.1) is 0 Å². The molecule has 1 amide bonds. The van der Waals surface area contributed by atoms with Crippen LogP contribution in [0.3, 0.4) is 0 Å². The molecule has 7 nitrogen and oxygen atoms in total. The number of hydrogen-bond donors (Lipinski definition) is 1. The minimum absolute atomic E-state index is 0.260. The van der Waals surface area contributed by atoms with Crippen LogP contribution in [0.25, 0.3) is 23.1 Å². The molecule has 4 aromatic rings. The summed E-state index contributed by atoms with van der Waals surface area (Å²) in [4.78, 5) is 20.6. The predicted molar refractivity (Wildman–Crippen MR) is 111 cm³/mol. The van der Waals surface area contributed by atoms with Crippen molar-refractivity contribution in [2.75, 3.05) is 6.54 Å².